The van der Waals surface area contributed by atoms with Crippen LogP contribution in [0.2, 0.25) is 0 Å². The van der Waals surface area contributed by atoms with Crippen LogP contribution in [-0.4, -0.2) is 16.0 Å². The predicted molar refractivity (Wildman–Crippen MR) is 59.0 cm³/mol. The van der Waals surface area contributed by atoms with Crippen LogP contribution in [0.3, 0.4) is 0 Å². The number of aromatic nitrogens is 2. The summed E-state index contributed by atoms with van der Waals surface area (Å²) in [5.41, 5.74) is 5.67. The predicted octanol–water partition coefficient (Wildman–Crippen LogP) is 1.91. The second kappa shape index (κ2) is 4.79. The molecule has 1 aromatic heterocycles. The highest BCUT2D eigenvalue weighted by Crippen LogP contribution is 2.16. The lowest BCUT2D eigenvalue weighted by Gasteiger charge is -2.20. The molecule has 2 unspecified atom stereocenters. The summed E-state index contributed by atoms with van der Waals surface area (Å²) in [6.07, 6.45) is 4.37. The summed E-state index contributed by atoms with van der Waals surface area (Å²) in [7, 11) is 0. The van der Waals surface area contributed by atoms with E-state index in [1.54, 1.807) is 12.4 Å². The first-order valence-electron chi connectivity index (χ1n) is 4.98. The molecule has 2 atom stereocenters. The molecule has 0 saturated heterocycles. The second-order valence-corrected chi connectivity index (χ2v) is 3.61. The Morgan fingerprint density at radius 3 is 2.57 bits per heavy atom. The summed E-state index contributed by atoms with van der Waals surface area (Å²) in [5, 5.41) is 3.26. The van der Waals surface area contributed by atoms with E-state index in [2.05, 4.69) is 36.1 Å². The van der Waals surface area contributed by atoms with E-state index in [0.717, 1.165) is 6.42 Å². The number of rotatable bonds is 4. The Bertz CT molecular complexity index is 287. The van der Waals surface area contributed by atoms with E-state index in [9.17, 15) is 0 Å². The van der Waals surface area contributed by atoms with Crippen LogP contribution in [0.1, 0.15) is 27.2 Å². The van der Waals surface area contributed by atoms with Gasteiger partial charge in [-0.25, -0.2) is 9.97 Å². The van der Waals surface area contributed by atoms with Gasteiger partial charge in [-0.1, -0.05) is 20.3 Å². The maximum atomic E-state index is 5.67. The van der Waals surface area contributed by atoms with Crippen LogP contribution in [0.25, 0.3) is 0 Å². The molecule has 1 aromatic rings. The largest absolute Gasteiger partial charge is 0.381 e. The highest BCUT2D eigenvalue weighted by molar-refractivity contribution is 5.55. The Kier molecular flexibility index (Phi) is 3.68. The average molecular weight is 194 g/mol. The Morgan fingerprint density at radius 1 is 1.36 bits per heavy atom. The maximum absolute atomic E-state index is 5.67. The molecule has 0 bridgehead atoms. The van der Waals surface area contributed by atoms with Crippen molar-refractivity contribution in [1.29, 1.82) is 0 Å². The van der Waals surface area contributed by atoms with Crippen LogP contribution in [0.15, 0.2) is 12.4 Å². The van der Waals surface area contributed by atoms with Gasteiger partial charge in [-0.2, -0.15) is 0 Å². The van der Waals surface area contributed by atoms with Gasteiger partial charge in [0.15, 0.2) is 11.6 Å². The van der Waals surface area contributed by atoms with Crippen molar-refractivity contribution in [1.82, 2.24) is 9.97 Å². The van der Waals surface area contributed by atoms with Gasteiger partial charge in [0.05, 0.1) is 0 Å². The number of nitrogens with zero attached hydrogens (tertiary/aromatic N) is 2. The minimum atomic E-state index is 0.360. The van der Waals surface area contributed by atoms with E-state index in [1.807, 2.05) is 0 Å². The molecule has 0 radical (unpaired) electrons. The first kappa shape index (κ1) is 10.8. The van der Waals surface area contributed by atoms with E-state index >= 15 is 0 Å². The van der Waals surface area contributed by atoms with Gasteiger partial charge in [0.25, 0.3) is 0 Å². The quantitative estimate of drug-likeness (QED) is 0.768. The van der Waals surface area contributed by atoms with Crippen LogP contribution < -0.4 is 11.1 Å². The highest BCUT2D eigenvalue weighted by Gasteiger charge is 2.11. The SMILES string of the molecule is CCC(C)C(C)Nc1nccnc1N. The molecule has 4 nitrogen and oxygen atoms in total. The average Bonchev–Trinajstić information content (AvgIpc) is 2.20. The van der Waals surface area contributed by atoms with Crippen molar-refractivity contribution in [2.45, 2.75) is 33.2 Å². The summed E-state index contributed by atoms with van der Waals surface area (Å²) in [4.78, 5) is 8.11. The normalized spacial score (nSPS) is 14.8. The zero-order valence-corrected chi connectivity index (χ0v) is 8.99. The van der Waals surface area contributed by atoms with Crippen LogP contribution in [0, 0.1) is 5.92 Å². The smallest absolute Gasteiger partial charge is 0.169 e. The Morgan fingerprint density at radius 2 is 2.00 bits per heavy atom. The molecule has 0 fully saturated rings. The molecule has 0 aliphatic heterocycles. The molecule has 3 N–H and O–H groups in total. The third kappa shape index (κ3) is 2.58. The summed E-state index contributed by atoms with van der Waals surface area (Å²) in [5.74, 6) is 1.74. The van der Waals surface area contributed by atoms with Crippen molar-refractivity contribution in [2.75, 3.05) is 11.1 Å². The summed E-state index contributed by atoms with van der Waals surface area (Å²) >= 11 is 0. The third-order valence-electron chi connectivity index (χ3n) is 2.59. The summed E-state index contributed by atoms with van der Waals surface area (Å²) < 4.78 is 0. The lowest BCUT2D eigenvalue weighted by molar-refractivity contribution is 0.493. The van der Waals surface area contributed by atoms with Gasteiger partial charge in [-0.3, -0.25) is 0 Å². The zero-order chi connectivity index (χ0) is 10.6. The summed E-state index contributed by atoms with van der Waals surface area (Å²) in [6, 6.07) is 0.360. The van der Waals surface area contributed by atoms with E-state index in [-0.39, 0.29) is 0 Å². The molecule has 14 heavy (non-hydrogen) atoms. The molecular weight excluding hydrogens is 176 g/mol. The van der Waals surface area contributed by atoms with Gasteiger partial charge in [0.1, 0.15) is 0 Å². The topological polar surface area (TPSA) is 63.8 Å². The molecule has 0 aliphatic carbocycles. The molecule has 0 aliphatic rings. The molecule has 0 saturated carbocycles. The van der Waals surface area contributed by atoms with Crippen molar-refractivity contribution in [3.05, 3.63) is 12.4 Å². The van der Waals surface area contributed by atoms with E-state index in [0.29, 0.717) is 23.6 Å². The highest BCUT2D eigenvalue weighted by atomic mass is 15.1. The number of nitrogens with two attached hydrogens (primary N) is 1. The lowest BCUT2D eigenvalue weighted by Crippen LogP contribution is -2.24. The Balaban J connectivity index is 2.64. The maximum Gasteiger partial charge on any atom is 0.169 e. The van der Waals surface area contributed by atoms with Gasteiger partial charge < -0.3 is 11.1 Å². The van der Waals surface area contributed by atoms with Crippen molar-refractivity contribution in [3.8, 4) is 0 Å². The van der Waals surface area contributed by atoms with Crippen LogP contribution in [0.5, 0.6) is 0 Å². The fraction of sp³-hybridized carbons (Fsp3) is 0.600. The molecule has 0 amide bonds. The third-order valence-corrected chi connectivity index (χ3v) is 2.59. The number of nitrogen functional groups attached to an aromatic ring is 1. The van der Waals surface area contributed by atoms with Crippen molar-refractivity contribution in [2.24, 2.45) is 5.92 Å². The fourth-order valence-corrected chi connectivity index (χ4v) is 1.17. The number of hydrogen-bond acceptors (Lipinski definition) is 4. The fourth-order valence-electron chi connectivity index (χ4n) is 1.17. The van der Waals surface area contributed by atoms with E-state index in [1.165, 1.54) is 0 Å². The van der Waals surface area contributed by atoms with Crippen molar-refractivity contribution < 1.29 is 0 Å². The number of anilines is 2. The minimum absolute atomic E-state index is 0.360. The molecule has 78 valence electrons. The van der Waals surface area contributed by atoms with Gasteiger partial charge in [0, 0.05) is 18.4 Å². The van der Waals surface area contributed by atoms with Gasteiger partial charge in [-0.05, 0) is 12.8 Å². The summed E-state index contributed by atoms with van der Waals surface area (Å²) in [6.45, 7) is 6.50. The first-order chi connectivity index (χ1) is 6.65. The molecule has 1 rings (SSSR count). The molecule has 4 heteroatoms. The Labute approximate surface area is 85.0 Å². The van der Waals surface area contributed by atoms with Crippen molar-refractivity contribution in [3.63, 3.8) is 0 Å². The molecule has 0 spiro atoms. The monoisotopic (exact) mass is 194 g/mol. The first-order valence-corrected chi connectivity index (χ1v) is 4.98. The zero-order valence-electron chi connectivity index (χ0n) is 8.99. The second-order valence-electron chi connectivity index (χ2n) is 3.61. The Hall–Kier alpha value is -1.32. The standard InChI is InChI=1S/C10H18N4/c1-4-7(2)8(3)14-10-9(11)12-5-6-13-10/h5-8H,4H2,1-3H3,(H2,11,12)(H,13,14). The van der Waals surface area contributed by atoms with Gasteiger partial charge >= 0.3 is 0 Å². The van der Waals surface area contributed by atoms with Gasteiger partial charge in [-0.15, -0.1) is 0 Å². The molecular formula is C10H18N4. The number of hydrogen-bond donors (Lipinski definition) is 2. The van der Waals surface area contributed by atoms with Crippen LogP contribution >= 0.6 is 0 Å². The van der Waals surface area contributed by atoms with Gasteiger partial charge in [0.2, 0.25) is 0 Å². The molecule has 1 heterocycles. The lowest BCUT2D eigenvalue weighted by atomic mass is 10.0. The number of nitrogens with one attached hydrogen (secondary N) is 1. The van der Waals surface area contributed by atoms with E-state index in [4.69, 9.17) is 5.73 Å². The van der Waals surface area contributed by atoms with Crippen LogP contribution in [-0.2, 0) is 0 Å². The van der Waals surface area contributed by atoms with Crippen LogP contribution in [0.4, 0.5) is 11.6 Å². The minimum Gasteiger partial charge on any atom is -0.381 e. The van der Waals surface area contributed by atoms with Crippen molar-refractivity contribution >= 4 is 11.6 Å². The van der Waals surface area contributed by atoms with E-state index < -0.39 is 0 Å². The molecule has 0 aromatic carbocycles.